The Kier molecular flexibility index (Phi) is 2.99. The van der Waals surface area contributed by atoms with Gasteiger partial charge in [0.15, 0.2) is 0 Å². The molecule has 0 bridgehead atoms. The van der Waals surface area contributed by atoms with E-state index < -0.39 is 5.41 Å². The molecule has 1 aromatic carbocycles. The van der Waals surface area contributed by atoms with E-state index in [9.17, 15) is 10.1 Å². The maximum absolute atomic E-state index is 10.8. The Balaban J connectivity index is 3.43. The van der Waals surface area contributed by atoms with Crippen molar-refractivity contribution in [1.29, 1.82) is 5.26 Å². The maximum Gasteiger partial charge on any atom is 0.275 e. The van der Waals surface area contributed by atoms with E-state index >= 15 is 0 Å². The Labute approximate surface area is 94.7 Å². The van der Waals surface area contributed by atoms with E-state index in [0.29, 0.717) is 11.1 Å². The van der Waals surface area contributed by atoms with Gasteiger partial charge in [-0.15, -0.1) is 0 Å². The highest BCUT2D eigenvalue weighted by molar-refractivity contribution is 5.51. The number of rotatable bonds is 2. The lowest BCUT2D eigenvalue weighted by atomic mass is 9.84. The SMILES string of the molecule is Cc1cc(C(C)(C)C#N)cc(C)c1[N+](=O)[O-]. The van der Waals surface area contributed by atoms with Crippen LogP contribution in [0.1, 0.15) is 30.5 Å². The molecule has 84 valence electrons. The molecular weight excluding hydrogens is 204 g/mol. The molecule has 0 unspecified atom stereocenters. The smallest absolute Gasteiger partial charge is 0.258 e. The quantitative estimate of drug-likeness (QED) is 0.566. The molecule has 0 spiro atoms. The van der Waals surface area contributed by atoms with Crippen LogP contribution in [-0.2, 0) is 5.41 Å². The normalized spacial score (nSPS) is 10.9. The third-order valence-electron chi connectivity index (χ3n) is 2.67. The topological polar surface area (TPSA) is 66.9 Å². The van der Waals surface area contributed by atoms with Crippen LogP contribution in [0, 0.1) is 35.3 Å². The molecule has 16 heavy (non-hydrogen) atoms. The first-order valence-electron chi connectivity index (χ1n) is 4.97. The highest BCUT2D eigenvalue weighted by Gasteiger charge is 2.24. The Bertz CT molecular complexity index is 461. The molecule has 0 fully saturated rings. The summed E-state index contributed by atoms with van der Waals surface area (Å²) in [5.41, 5.74) is 1.53. The molecule has 0 aliphatic heterocycles. The molecule has 0 aromatic heterocycles. The zero-order valence-corrected chi connectivity index (χ0v) is 9.87. The van der Waals surface area contributed by atoms with Crippen molar-refractivity contribution in [3.05, 3.63) is 38.9 Å². The lowest BCUT2D eigenvalue weighted by Gasteiger charge is -2.17. The molecule has 4 heteroatoms. The molecule has 0 atom stereocenters. The average Bonchev–Trinajstić information content (AvgIpc) is 2.15. The van der Waals surface area contributed by atoms with Gasteiger partial charge in [0.05, 0.1) is 16.4 Å². The van der Waals surface area contributed by atoms with Crippen molar-refractivity contribution in [2.75, 3.05) is 0 Å². The van der Waals surface area contributed by atoms with Crippen molar-refractivity contribution in [2.45, 2.75) is 33.1 Å². The molecule has 0 aliphatic carbocycles. The van der Waals surface area contributed by atoms with Gasteiger partial charge in [0, 0.05) is 11.1 Å². The second kappa shape index (κ2) is 3.93. The molecule has 0 aliphatic rings. The van der Waals surface area contributed by atoms with Gasteiger partial charge in [0.25, 0.3) is 5.69 Å². The third-order valence-corrected chi connectivity index (χ3v) is 2.67. The van der Waals surface area contributed by atoms with E-state index in [0.717, 1.165) is 5.56 Å². The van der Waals surface area contributed by atoms with Crippen molar-refractivity contribution in [2.24, 2.45) is 0 Å². The summed E-state index contributed by atoms with van der Waals surface area (Å²) in [6.45, 7) is 6.99. The van der Waals surface area contributed by atoms with Crippen LogP contribution in [0.2, 0.25) is 0 Å². The number of nitro benzene ring substituents is 1. The summed E-state index contributed by atoms with van der Waals surface area (Å²) in [6.07, 6.45) is 0. The fourth-order valence-corrected chi connectivity index (χ4v) is 1.67. The number of nitriles is 1. The van der Waals surface area contributed by atoms with E-state index in [1.807, 2.05) is 0 Å². The first kappa shape index (κ1) is 12.2. The minimum Gasteiger partial charge on any atom is -0.258 e. The number of benzene rings is 1. The minimum absolute atomic E-state index is 0.137. The molecule has 0 heterocycles. The Morgan fingerprint density at radius 2 is 1.75 bits per heavy atom. The molecule has 0 saturated heterocycles. The summed E-state index contributed by atoms with van der Waals surface area (Å²) in [5, 5.41) is 19.8. The molecule has 0 radical (unpaired) electrons. The lowest BCUT2D eigenvalue weighted by molar-refractivity contribution is -0.386. The second-order valence-corrected chi connectivity index (χ2v) is 4.45. The molecule has 0 amide bonds. The molecule has 4 nitrogen and oxygen atoms in total. The predicted molar refractivity (Wildman–Crippen MR) is 61.2 cm³/mol. The maximum atomic E-state index is 10.8. The van der Waals surface area contributed by atoms with E-state index in [1.54, 1.807) is 39.8 Å². The van der Waals surface area contributed by atoms with E-state index in [-0.39, 0.29) is 10.6 Å². The zero-order valence-electron chi connectivity index (χ0n) is 9.87. The number of nitrogens with zero attached hydrogens (tertiary/aromatic N) is 2. The van der Waals surface area contributed by atoms with Crippen LogP contribution in [-0.4, -0.2) is 4.92 Å². The first-order chi connectivity index (χ1) is 7.29. The fraction of sp³-hybridized carbons (Fsp3) is 0.417. The van der Waals surface area contributed by atoms with E-state index in [2.05, 4.69) is 6.07 Å². The molecular formula is C12H14N2O2. The van der Waals surface area contributed by atoms with Gasteiger partial charge in [-0.2, -0.15) is 5.26 Å². The van der Waals surface area contributed by atoms with Gasteiger partial charge in [-0.1, -0.05) is 0 Å². The van der Waals surface area contributed by atoms with Crippen LogP contribution in [0.3, 0.4) is 0 Å². The zero-order chi connectivity index (χ0) is 12.5. The number of hydrogen-bond acceptors (Lipinski definition) is 3. The summed E-state index contributed by atoms with van der Waals surface area (Å²) in [4.78, 5) is 10.4. The van der Waals surface area contributed by atoms with Gasteiger partial charge in [0.2, 0.25) is 0 Å². The van der Waals surface area contributed by atoms with Crippen LogP contribution < -0.4 is 0 Å². The molecule has 1 rings (SSSR count). The van der Waals surface area contributed by atoms with E-state index in [1.165, 1.54) is 0 Å². The first-order valence-corrected chi connectivity index (χ1v) is 4.97. The van der Waals surface area contributed by atoms with Crippen LogP contribution in [0.15, 0.2) is 12.1 Å². The number of nitro groups is 1. The summed E-state index contributed by atoms with van der Waals surface area (Å²) < 4.78 is 0. The number of hydrogen-bond donors (Lipinski definition) is 0. The van der Waals surface area contributed by atoms with Crippen molar-refractivity contribution in [1.82, 2.24) is 0 Å². The minimum atomic E-state index is -0.620. The lowest BCUT2D eigenvalue weighted by Crippen LogP contribution is -2.14. The predicted octanol–water partition coefficient (Wildman–Crippen LogP) is 3.01. The number of aryl methyl sites for hydroxylation is 2. The van der Waals surface area contributed by atoms with Crippen LogP contribution in [0.4, 0.5) is 5.69 Å². The summed E-state index contributed by atoms with van der Waals surface area (Å²) in [6, 6.07) is 5.62. The van der Waals surface area contributed by atoms with Gasteiger partial charge >= 0.3 is 0 Å². The average molecular weight is 218 g/mol. The van der Waals surface area contributed by atoms with E-state index in [4.69, 9.17) is 5.26 Å². The Morgan fingerprint density at radius 1 is 1.31 bits per heavy atom. The van der Waals surface area contributed by atoms with Crippen LogP contribution in [0.5, 0.6) is 0 Å². The van der Waals surface area contributed by atoms with Gasteiger partial charge in [0.1, 0.15) is 0 Å². The summed E-state index contributed by atoms with van der Waals surface area (Å²) >= 11 is 0. The van der Waals surface area contributed by atoms with Crippen molar-refractivity contribution >= 4 is 5.69 Å². The van der Waals surface area contributed by atoms with Gasteiger partial charge in [-0.25, -0.2) is 0 Å². The monoisotopic (exact) mass is 218 g/mol. The second-order valence-electron chi connectivity index (χ2n) is 4.45. The Morgan fingerprint density at radius 3 is 2.06 bits per heavy atom. The highest BCUT2D eigenvalue weighted by atomic mass is 16.6. The molecule has 1 aromatic rings. The largest absolute Gasteiger partial charge is 0.275 e. The van der Waals surface area contributed by atoms with Gasteiger partial charge < -0.3 is 0 Å². The van der Waals surface area contributed by atoms with Gasteiger partial charge in [-0.3, -0.25) is 10.1 Å². The van der Waals surface area contributed by atoms with Gasteiger partial charge in [-0.05, 0) is 45.4 Å². The Hall–Kier alpha value is -1.89. The summed E-state index contributed by atoms with van der Waals surface area (Å²) in [5.74, 6) is 0. The summed E-state index contributed by atoms with van der Waals surface area (Å²) in [7, 11) is 0. The van der Waals surface area contributed by atoms with Crippen molar-refractivity contribution in [3.63, 3.8) is 0 Å². The van der Waals surface area contributed by atoms with Crippen LogP contribution >= 0.6 is 0 Å². The van der Waals surface area contributed by atoms with Crippen LogP contribution in [0.25, 0.3) is 0 Å². The molecule has 0 saturated carbocycles. The van der Waals surface area contributed by atoms with Crippen molar-refractivity contribution < 1.29 is 4.92 Å². The third kappa shape index (κ3) is 2.03. The van der Waals surface area contributed by atoms with Crippen molar-refractivity contribution in [3.8, 4) is 6.07 Å². The highest BCUT2D eigenvalue weighted by Crippen LogP contribution is 2.30. The fourth-order valence-electron chi connectivity index (χ4n) is 1.67. The molecule has 0 N–H and O–H groups in total. The standard InChI is InChI=1S/C12H14N2O2/c1-8-5-10(12(3,4)7-13)6-9(2)11(8)14(15)16/h5-6H,1-4H3.